The van der Waals surface area contributed by atoms with E-state index in [4.69, 9.17) is 16.3 Å². The van der Waals surface area contributed by atoms with Crippen LogP contribution in [-0.2, 0) is 6.18 Å². The maximum absolute atomic E-state index is 13.9. The minimum Gasteiger partial charge on any atom is -0.453 e. The summed E-state index contributed by atoms with van der Waals surface area (Å²) in [5.41, 5.74) is -0.360. The molecular weight excluding hydrogens is 499 g/mol. The number of anilines is 1. The number of nitrogens with zero attached hydrogens (tertiary/aromatic N) is 6. The third-order valence-corrected chi connectivity index (χ3v) is 5.30. The fourth-order valence-corrected chi connectivity index (χ4v) is 3.62. The van der Waals surface area contributed by atoms with Gasteiger partial charge in [-0.15, -0.1) is 10.2 Å². The van der Waals surface area contributed by atoms with Crippen LogP contribution < -0.4 is 10.1 Å². The van der Waals surface area contributed by atoms with Crippen LogP contribution in [0.15, 0.2) is 67.1 Å². The molecule has 9 nitrogen and oxygen atoms in total. The van der Waals surface area contributed by atoms with E-state index >= 15 is 0 Å². The lowest BCUT2D eigenvalue weighted by Gasteiger charge is -2.13. The highest BCUT2D eigenvalue weighted by molar-refractivity contribution is 6.30. The first-order valence-electron chi connectivity index (χ1n) is 10.4. The van der Waals surface area contributed by atoms with Gasteiger partial charge < -0.3 is 10.1 Å². The largest absolute Gasteiger partial charge is 0.453 e. The molecule has 0 fully saturated rings. The summed E-state index contributed by atoms with van der Waals surface area (Å²) in [7, 11) is 0. The van der Waals surface area contributed by atoms with Gasteiger partial charge >= 0.3 is 6.18 Å². The Balaban J connectivity index is 1.37. The van der Waals surface area contributed by atoms with Crippen molar-refractivity contribution in [1.29, 1.82) is 0 Å². The van der Waals surface area contributed by atoms with E-state index in [1.165, 1.54) is 47.2 Å². The summed E-state index contributed by atoms with van der Waals surface area (Å²) in [6.07, 6.45) is -2.52. The first kappa shape index (κ1) is 23.3. The van der Waals surface area contributed by atoms with Crippen molar-refractivity contribution in [2.45, 2.75) is 13.1 Å². The fraction of sp³-hybridized carbons (Fsp3) is 0.0870. The molecule has 0 aliphatic carbocycles. The third-order valence-electron chi connectivity index (χ3n) is 5.05. The zero-order valence-electron chi connectivity index (χ0n) is 18.4. The van der Waals surface area contributed by atoms with Crippen molar-refractivity contribution < 1.29 is 22.7 Å². The van der Waals surface area contributed by atoms with Gasteiger partial charge in [0.2, 0.25) is 5.65 Å². The van der Waals surface area contributed by atoms with Gasteiger partial charge in [-0.3, -0.25) is 4.79 Å². The van der Waals surface area contributed by atoms with Crippen LogP contribution in [0.4, 0.5) is 18.9 Å². The fourth-order valence-electron chi connectivity index (χ4n) is 3.49. The number of amides is 1. The lowest BCUT2D eigenvalue weighted by atomic mass is 10.2. The molecule has 1 N–H and O–H groups in total. The summed E-state index contributed by atoms with van der Waals surface area (Å²) in [6, 6.07) is 13.4. The molecule has 5 rings (SSSR count). The minimum atomic E-state index is -4.84. The first-order chi connectivity index (χ1) is 17.2. The summed E-state index contributed by atoms with van der Waals surface area (Å²) >= 11 is 5.82. The second-order valence-corrected chi connectivity index (χ2v) is 8.06. The van der Waals surface area contributed by atoms with Gasteiger partial charge in [-0.25, -0.2) is 4.68 Å². The van der Waals surface area contributed by atoms with E-state index in [-0.39, 0.29) is 11.4 Å². The Morgan fingerprint density at radius 1 is 1.08 bits per heavy atom. The Kier molecular flexibility index (Phi) is 5.80. The molecule has 0 bridgehead atoms. The van der Waals surface area contributed by atoms with Crippen LogP contribution in [0.1, 0.15) is 21.7 Å². The van der Waals surface area contributed by atoms with Crippen LogP contribution in [0.3, 0.4) is 0 Å². The van der Waals surface area contributed by atoms with E-state index in [1.807, 2.05) is 0 Å². The summed E-state index contributed by atoms with van der Waals surface area (Å²) in [5.74, 6) is -0.137. The minimum absolute atomic E-state index is 0.111. The standard InChI is InChI=1S/C23H15ClF3N7O2/c1-13-10-19(21-31-28-12-33(21)32-13)36-17-8-4-15(5-9-17)30-22(35)18-11-29-34(20(18)23(25,26)27)16-6-2-14(24)3-7-16/h2-12H,1H3,(H,30,35). The molecule has 182 valence electrons. The Hall–Kier alpha value is -4.45. The SMILES string of the molecule is Cc1cc(Oc2ccc(NC(=O)c3cnn(-c4ccc(Cl)cc4)c3C(F)(F)F)cc2)c2nncn2n1. The average molecular weight is 514 g/mol. The summed E-state index contributed by atoms with van der Waals surface area (Å²) in [6.45, 7) is 1.79. The van der Waals surface area contributed by atoms with Crippen molar-refractivity contribution in [2.24, 2.45) is 0 Å². The lowest BCUT2D eigenvalue weighted by Crippen LogP contribution is -2.20. The maximum Gasteiger partial charge on any atom is 0.434 e. The highest BCUT2D eigenvalue weighted by atomic mass is 35.5. The smallest absolute Gasteiger partial charge is 0.434 e. The highest BCUT2D eigenvalue weighted by Crippen LogP contribution is 2.34. The Labute approximate surface area is 206 Å². The van der Waals surface area contributed by atoms with Crippen molar-refractivity contribution >= 4 is 28.8 Å². The third kappa shape index (κ3) is 4.58. The van der Waals surface area contributed by atoms with Crippen LogP contribution in [0.2, 0.25) is 5.02 Å². The van der Waals surface area contributed by atoms with Gasteiger partial charge in [0, 0.05) is 16.8 Å². The quantitative estimate of drug-likeness (QED) is 0.341. The van der Waals surface area contributed by atoms with Crippen molar-refractivity contribution in [2.75, 3.05) is 5.32 Å². The number of ether oxygens (including phenoxy) is 1. The van der Waals surface area contributed by atoms with Gasteiger partial charge in [-0.2, -0.15) is 27.9 Å². The predicted molar refractivity (Wildman–Crippen MR) is 124 cm³/mol. The molecular formula is C23H15ClF3N7O2. The number of alkyl halides is 3. The van der Waals surface area contributed by atoms with Crippen molar-refractivity contribution in [3.8, 4) is 17.2 Å². The summed E-state index contributed by atoms with van der Waals surface area (Å²) in [4.78, 5) is 12.8. The monoisotopic (exact) mass is 513 g/mol. The molecule has 2 aromatic carbocycles. The van der Waals surface area contributed by atoms with Crippen LogP contribution >= 0.6 is 11.6 Å². The van der Waals surface area contributed by atoms with Crippen molar-refractivity contribution in [1.82, 2.24) is 29.6 Å². The van der Waals surface area contributed by atoms with E-state index in [1.54, 1.807) is 25.1 Å². The Morgan fingerprint density at radius 3 is 2.50 bits per heavy atom. The van der Waals surface area contributed by atoms with Gasteiger partial charge in [0.25, 0.3) is 5.91 Å². The molecule has 0 saturated carbocycles. The number of fused-ring (bicyclic) bond motifs is 1. The average Bonchev–Trinajstić information content (AvgIpc) is 3.48. The van der Waals surface area contributed by atoms with Gasteiger partial charge in [0.15, 0.2) is 11.4 Å². The first-order valence-corrected chi connectivity index (χ1v) is 10.7. The second-order valence-electron chi connectivity index (χ2n) is 7.62. The van der Waals surface area contributed by atoms with Crippen LogP contribution in [0.5, 0.6) is 11.5 Å². The molecule has 0 aliphatic heterocycles. The summed E-state index contributed by atoms with van der Waals surface area (Å²) in [5, 5.41) is 18.6. The van der Waals surface area contributed by atoms with Crippen LogP contribution in [-0.4, -0.2) is 35.5 Å². The van der Waals surface area contributed by atoms with Gasteiger partial charge in [0.05, 0.1) is 23.1 Å². The molecule has 3 heterocycles. The number of rotatable bonds is 5. The summed E-state index contributed by atoms with van der Waals surface area (Å²) < 4.78 is 49.6. The van der Waals surface area contributed by atoms with E-state index < -0.39 is 23.3 Å². The number of aromatic nitrogens is 6. The van der Waals surface area contributed by atoms with E-state index in [0.717, 1.165) is 6.20 Å². The zero-order valence-corrected chi connectivity index (χ0v) is 19.1. The van der Waals surface area contributed by atoms with Gasteiger partial charge in [-0.05, 0) is 55.5 Å². The molecule has 0 atom stereocenters. The number of nitrogens with one attached hydrogen (secondary N) is 1. The normalized spacial score (nSPS) is 11.6. The Morgan fingerprint density at radius 2 is 1.81 bits per heavy atom. The Bertz CT molecular complexity index is 1560. The topological polar surface area (TPSA) is 99.2 Å². The number of carbonyl (C=O) groups excluding carboxylic acids is 1. The molecule has 0 spiro atoms. The number of benzene rings is 2. The van der Waals surface area contributed by atoms with Gasteiger partial charge in [0.1, 0.15) is 12.1 Å². The molecule has 13 heteroatoms. The van der Waals surface area contributed by atoms with Crippen molar-refractivity contribution in [3.05, 3.63) is 89.1 Å². The highest BCUT2D eigenvalue weighted by Gasteiger charge is 2.40. The number of halogens is 4. The molecule has 0 unspecified atom stereocenters. The molecule has 3 aromatic heterocycles. The van der Waals surface area contributed by atoms with E-state index in [0.29, 0.717) is 32.5 Å². The molecule has 1 amide bonds. The maximum atomic E-state index is 13.9. The van der Waals surface area contributed by atoms with Crippen molar-refractivity contribution in [3.63, 3.8) is 0 Å². The number of carbonyl (C=O) groups is 1. The molecule has 36 heavy (non-hydrogen) atoms. The zero-order chi connectivity index (χ0) is 25.4. The molecule has 5 aromatic rings. The second kappa shape index (κ2) is 8.96. The van der Waals surface area contributed by atoms with E-state index in [2.05, 4.69) is 25.7 Å². The van der Waals surface area contributed by atoms with Crippen LogP contribution in [0.25, 0.3) is 11.3 Å². The van der Waals surface area contributed by atoms with Crippen LogP contribution in [0, 0.1) is 6.92 Å². The van der Waals surface area contributed by atoms with Gasteiger partial charge in [-0.1, -0.05) is 11.6 Å². The molecule has 0 radical (unpaired) electrons. The lowest BCUT2D eigenvalue weighted by molar-refractivity contribution is -0.143. The number of aryl methyl sites for hydroxylation is 1. The number of hydrogen-bond donors (Lipinski definition) is 1. The molecule has 0 saturated heterocycles. The number of hydrogen-bond acceptors (Lipinski definition) is 6. The molecule has 0 aliphatic rings. The predicted octanol–water partition coefficient (Wildman–Crippen LogP) is 5.34. The van der Waals surface area contributed by atoms with E-state index in [9.17, 15) is 18.0 Å².